The van der Waals surface area contributed by atoms with Crippen molar-refractivity contribution in [1.82, 2.24) is 4.90 Å². The lowest BCUT2D eigenvalue weighted by Gasteiger charge is -2.45. The lowest BCUT2D eigenvalue weighted by molar-refractivity contribution is 0.202. The van der Waals surface area contributed by atoms with Gasteiger partial charge in [0.1, 0.15) is 0 Å². The summed E-state index contributed by atoms with van der Waals surface area (Å²) in [5.41, 5.74) is 9.96. The number of aryl methyl sites for hydroxylation is 2. The van der Waals surface area contributed by atoms with Gasteiger partial charge >= 0.3 is 0 Å². The van der Waals surface area contributed by atoms with E-state index >= 15 is 0 Å². The molecule has 2 N–H and O–H groups in total. The number of hydrogen-bond donors (Lipinski definition) is 1. The Morgan fingerprint density at radius 2 is 1.94 bits per heavy atom. The van der Waals surface area contributed by atoms with Crippen LogP contribution in [0.15, 0.2) is 18.2 Å². The van der Waals surface area contributed by atoms with Gasteiger partial charge in [0.25, 0.3) is 0 Å². The van der Waals surface area contributed by atoms with E-state index < -0.39 is 0 Å². The van der Waals surface area contributed by atoms with Crippen molar-refractivity contribution in [3.05, 3.63) is 29.3 Å². The number of nitrogens with zero attached hydrogens (tertiary/aromatic N) is 2. The molecule has 0 aromatic heterocycles. The molecule has 0 bridgehead atoms. The third-order valence-corrected chi connectivity index (χ3v) is 4.25. The van der Waals surface area contributed by atoms with Crippen molar-refractivity contribution in [2.45, 2.75) is 32.9 Å². The Bertz CT molecular complexity index is 416. The summed E-state index contributed by atoms with van der Waals surface area (Å²) in [5, 5.41) is 0. The molecule has 2 atom stereocenters. The number of rotatable bonds is 2. The lowest BCUT2D eigenvalue weighted by atomic mass is 10.0. The van der Waals surface area contributed by atoms with E-state index in [2.05, 4.69) is 55.8 Å². The molecule has 2 unspecified atom stereocenters. The van der Waals surface area contributed by atoms with E-state index in [-0.39, 0.29) is 0 Å². The maximum atomic E-state index is 5.94. The first-order chi connectivity index (χ1) is 8.52. The minimum absolute atomic E-state index is 0.424. The summed E-state index contributed by atoms with van der Waals surface area (Å²) in [6, 6.07) is 7.73. The number of likely N-dealkylation sites (N-methyl/N-ethyl adjacent to an activating group) is 1. The minimum atomic E-state index is 0.424. The summed E-state index contributed by atoms with van der Waals surface area (Å²) in [4.78, 5) is 4.87. The molecule has 0 radical (unpaired) electrons. The summed E-state index contributed by atoms with van der Waals surface area (Å²) < 4.78 is 0. The molecule has 18 heavy (non-hydrogen) atoms. The molecular formula is C15H25N3. The van der Waals surface area contributed by atoms with E-state index in [0.29, 0.717) is 18.6 Å². The standard InChI is InChI=1S/C15H25N3/c1-11-5-6-14(7-12(11)2)18-9-13(3)17(4)10-15(18)8-16/h5-7,13,15H,8-10,16H2,1-4H3. The zero-order chi connectivity index (χ0) is 13.3. The predicted molar refractivity (Wildman–Crippen MR) is 78.2 cm³/mol. The number of anilines is 1. The van der Waals surface area contributed by atoms with E-state index in [9.17, 15) is 0 Å². The SMILES string of the molecule is Cc1ccc(N2CC(C)N(C)CC2CN)cc1C. The average molecular weight is 247 g/mol. The molecule has 2 rings (SSSR count). The Labute approximate surface area is 111 Å². The second-order valence-corrected chi connectivity index (χ2v) is 5.60. The molecule has 3 heteroatoms. The van der Waals surface area contributed by atoms with Gasteiger partial charge in [0.05, 0.1) is 6.04 Å². The number of hydrogen-bond acceptors (Lipinski definition) is 3. The van der Waals surface area contributed by atoms with E-state index in [1.807, 2.05) is 0 Å². The van der Waals surface area contributed by atoms with Crippen LogP contribution in [0.5, 0.6) is 0 Å². The Kier molecular flexibility index (Phi) is 3.93. The van der Waals surface area contributed by atoms with Gasteiger partial charge in [-0.25, -0.2) is 0 Å². The summed E-state index contributed by atoms with van der Waals surface area (Å²) in [5.74, 6) is 0. The highest BCUT2D eigenvalue weighted by atomic mass is 15.3. The van der Waals surface area contributed by atoms with Crippen LogP contribution < -0.4 is 10.6 Å². The van der Waals surface area contributed by atoms with Crippen LogP contribution in [-0.2, 0) is 0 Å². The molecule has 100 valence electrons. The molecule has 0 aliphatic carbocycles. The zero-order valence-electron chi connectivity index (χ0n) is 12.0. The van der Waals surface area contributed by atoms with Crippen molar-refractivity contribution >= 4 is 5.69 Å². The van der Waals surface area contributed by atoms with Gasteiger partial charge in [0.2, 0.25) is 0 Å². The smallest absolute Gasteiger partial charge is 0.0540 e. The summed E-state index contributed by atoms with van der Waals surface area (Å²) in [6.45, 7) is 9.43. The Morgan fingerprint density at radius 1 is 1.22 bits per heavy atom. The minimum Gasteiger partial charge on any atom is -0.364 e. The van der Waals surface area contributed by atoms with Gasteiger partial charge in [-0.15, -0.1) is 0 Å². The Hall–Kier alpha value is -1.06. The molecule has 1 saturated heterocycles. The molecule has 1 aliphatic rings. The zero-order valence-corrected chi connectivity index (χ0v) is 12.0. The molecule has 0 saturated carbocycles. The largest absolute Gasteiger partial charge is 0.364 e. The highest BCUT2D eigenvalue weighted by Crippen LogP contribution is 2.24. The average Bonchev–Trinajstić information content (AvgIpc) is 2.35. The molecule has 0 amide bonds. The van der Waals surface area contributed by atoms with Gasteiger partial charge in [0.15, 0.2) is 0 Å². The van der Waals surface area contributed by atoms with Crippen molar-refractivity contribution in [1.29, 1.82) is 0 Å². The number of nitrogens with two attached hydrogens (primary N) is 1. The molecule has 0 spiro atoms. The van der Waals surface area contributed by atoms with E-state index in [1.165, 1.54) is 16.8 Å². The fourth-order valence-corrected chi connectivity index (χ4v) is 2.61. The van der Waals surface area contributed by atoms with E-state index in [4.69, 9.17) is 5.73 Å². The second kappa shape index (κ2) is 5.29. The van der Waals surface area contributed by atoms with E-state index in [0.717, 1.165) is 13.1 Å². The number of piperazine rings is 1. The van der Waals surface area contributed by atoms with Gasteiger partial charge < -0.3 is 10.6 Å². The molecule has 3 nitrogen and oxygen atoms in total. The third kappa shape index (κ3) is 2.52. The van der Waals surface area contributed by atoms with E-state index in [1.54, 1.807) is 0 Å². The maximum Gasteiger partial charge on any atom is 0.0540 e. The molecular weight excluding hydrogens is 222 g/mol. The molecule has 1 aliphatic heterocycles. The van der Waals surface area contributed by atoms with Crippen molar-refractivity contribution in [3.63, 3.8) is 0 Å². The van der Waals surface area contributed by atoms with Crippen molar-refractivity contribution in [2.75, 3.05) is 31.6 Å². The Balaban J connectivity index is 2.26. The quantitative estimate of drug-likeness (QED) is 0.864. The van der Waals surface area contributed by atoms with Crippen LogP contribution in [0.4, 0.5) is 5.69 Å². The van der Waals surface area contributed by atoms with Crippen LogP contribution >= 0.6 is 0 Å². The normalized spacial score (nSPS) is 25.5. The van der Waals surface area contributed by atoms with Crippen LogP contribution in [0.1, 0.15) is 18.1 Å². The van der Waals surface area contributed by atoms with Crippen LogP contribution in [0.3, 0.4) is 0 Å². The topological polar surface area (TPSA) is 32.5 Å². The first-order valence-electron chi connectivity index (χ1n) is 6.77. The van der Waals surface area contributed by atoms with Gasteiger partial charge in [-0.1, -0.05) is 6.07 Å². The van der Waals surface area contributed by atoms with Crippen LogP contribution in [0, 0.1) is 13.8 Å². The Morgan fingerprint density at radius 3 is 2.56 bits per heavy atom. The third-order valence-electron chi connectivity index (χ3n) is 4.25. The maximum absolute atomic E-state index is 5.94. The monoisotopic (exact) mass is 247 g/mol. The number of benzene rings is 1. The van der Waals surface area contributed by atoms with Gasteiger partial charge in [-0.05, 0) is 51.1 Å². The van der Waals surface area contributed by atoms with Gasteiger partial charge in [0, 0.05) is 31.4 Å². The predicted octanol–water partition coefficient (Wildman–Crippen LogP) is 1.77. The van der Waals surface area contributed by atoms with Gasteiger partial charge in [-0.2, -0.15) is 0 Å². The lowest BCUT2D eigenvalue weighted by Crippen LogP contribution is -2.58. The molecule has 1 aromatic carbocycles. The second-order valence-electron chi connectivity index (χ2n) is 5.60. The fourth-order valence-electron chi connectivity index (χ4n) is 2.61. The van der Waals surface area contributed by atoms with Crippen molar-refractivity contribution in [2.24, 2.45) is 5.73 Å². The molecule has 1 aromatic rings. The summed E-state index contributed by atoms with van der Waals surface area (Å²) >= 11 is 0. The highest BCUT2D eigenvalue weighted by Gasteiger charge is 2.28. The van der Waals surface area contributed by atoms with Crippen LogP contribution in [0.2, 0.25) is 0 Å². The molecule has 1 heterocycles. The highest BCUT2D eigenvalue weighted by molar-refractivity contribution is 5.52. The molecule has 1 fully saturated rings. The summed E-state index contributed by atoms with van der Waals surface area (Å²) in [7, 11) is 2.19. The van der Waals surface area contributed by atoms with Crippen molar-refractivity contribution < 1.29 is 0 Å². The summed E-state index contributed by atoms with van der Waals surface area (Å²) in [6.07, 6.45) is 0. The van der Waals surface area contributed by atoms with Crippen molar-refractivity contribution in [3.8, 4) is 0 Å². The van der Waals surface area contributed by atoms with Crippen LogP contribution in [-0.4, -0.2) is 43.7 Å². The first-order valence-corrected chi connectivity index (χ1v) is 6.77. The first kappa shape index (κ1) is 13.4. The van der Waals surface area contributed by atoms with Crippen LogP contribution in [0.25, 0.3) is 0 Å². The van der Waals surface area contributed by atoms with Gasteiger partial charge in [-0.3, -0.25) is 4.90 Å². The fraction of sp³-hybridized carbons (Fsp3) is 0.600.